The van der Waals surface area contributed by atoms with Gasteiger partial charge in [-0.15, -0.1) is 0 Å². The minimum absolute atomic E-state index is 0.0425. The lowest BCUT2D eigenvalue weighted by molar-refractivity contribution is -0.155. The third-order valence-electron chi connectivity index (χ3n) is 7.01. The van der Waals surface area contributed by atoms with Crippen molar-refractivity contribution in [1.82, 2.24) is 4.90 Å². The number of amides is 1. The summed E-state index contributed by atoms with van der Waals surface area (Å²) in [4.78, 5) is 14.7. The third kappa shape index (κ3) is 5.60. The number of hydrogen-bond acceptors (Lipinski definition) is 7. The molecule has 0 aliphatic carbocycles. The Morgan fingerprint density at radius 1 is 1.12 bits per heavy atom. The summed E-state index contributed by atoms with van der Waals surface area (Å²) in [6.45, 7) is 14.0. The zero-order chi connectivity index (χ0) is 24.6. The molecule has 0 spiro atoms. The van der Waals surface area contributed by atoms with Crippen LogP contribution in [0.25, 0.3) is 0 Å². The van der Waals surface area contributed by atoms with Crippen molar-refractivity contribution in [3.63, 3.8) is 0 Å². The highest BCUT2D eigenvalue weighted by Crippen LogP contribution is 2.41. The smallest absolute Gasteiger partial charge is 0.410 e. The molecule has 1 amide bonds. The number of ether oxygens (including phenoxy) is 3. The summed E-state index contributed by atoms with van der Waals surface area (Å²) in [7, 11) is -2.17. The zero-order valence-electron chi connectivity index (χ0n) is 20.8. The van der Waals surface area contributed by atoms with E-state index >= 15 is 0 Å². The van der Waals surface area contributed by atoms with E-state index < -0.39 is 50.6 Å². The number of benzene rings is 1. The molecule has 3 rings (SSSR count). The van der Waals surface area contributed by atoms with E-state index in [1.165, 1.54) is 4.90 Å². The van der Waals surface area contributed by atoms with Gasteiger partial charge in [-0.2, -0.15) is 0 Å². The number of carbonyl (C=O) groups is 1. The van der Waals surface area contributed by atoms with Crippen molar-refractivity contribution < 1.29 is 33.6 Å². The number of carbonyl (C=O) groups excluding carboxylic acids is 1. The average Bonchev–Trinajstić information content (AvgIpc) is 3.06. The molecular formula is C24H39NO7Si. The summed E-state index contributed by atoms with van der Waals surface area (Å²) in [5.74, 6) is -0.946. The standard InChI is InChI=1S/C24H39NO7Si/c1-23(2,3)33(6,7)30-15-18-19(27)21-20(31-24(4,5)32-21)17(13-26)25(18)22(28)29-14-16-11-9-8-10-12-16/h8-12,17-21,26-27H,13-15H2,1-7H3/t17-,18+,19+,20+,21-/m0/s1. The lowest BCUT2D eigenvalue weighted by Crippen LogP contribution is -2.69. The predicted molar refractivity (Wildman–Crippen MR) is 126 cm³/mol. The van der Waals surface area contributed by atoms with Gasteiger partial charge in [-0.1, -0.05) is 51.1 Å². The second-order valence-electron chi connectivity index (χ2n) is 10.9. The Labute approximate surface area is 197 Å². The van der Waals surface area contributed by atoms with Gasteiger partial charge in [-0.05, 0) is 37.5 Å². The van der Waals surface area contributed by atoms with E-state index in [9.17, 15) is 15.0 Å². The van der Waals surface area contributed by atoms with Gasteiger partial charge in [0.05, 0.1) is 25.3 Å². The summed E-state index contributed by atoms with van der Waals surface area (Å²) in [6, 6.07) is 7.88. The molecular weight excluding hydrogens is 442 g/mol. The van der Waals surface area contributed by atoms with Crippen LogP contribution in [0.1, 0.15) is 40.2 Å². The first-order valence-electron chi connectivity index (χ1n) is 11.5. The van der Waals surface area contributed by atoms with E-state index in [-0.39, 0.29) is 24.9 Å². The maximum atomic E-state index is 13.3. The number of fused-ring (bicyclic) bond motifs is 1. The molecule has 0 saturated carbocycles. The van der Waals surface area contributed by atoms with Gasteiger partial charge < -0.3 is 28.8 Å². The quantitative estimate of drug-likeness (QED) is 0.602. The molecule has 0 radical (unpaired) electrons. The molecule has 0 bridgehead atoms. The van der Waals surface area contributed by atoms with Crippen LogP contribution in [-0.4, -0.2) is 78.9 Å². The third-order valence-corrected chi connectivity index (χ3v) is 11.5. The number of aliphatic hydroxyl groups is 2. The lowest BCUT2D eigenvalue weighted by Gasteiger charge is -2.48. The topological polar surface area (TPSA) is 97.7 Å². The first-order chi connectivity index (χ1) is 15.3. The fourth-order valence-electron chi connectivity index (χ4n) is 4.11. The van der Waals surface area contributed by atoms with Crippen LogP contribution in [0.15, 0.2) is 30.3 Å². The van der Waals surface area contributed by atoms with E-state index in [2.05, 4.69) is 33.9 Å². The molecule has 2 N–H and O–H groups in total. The fourth-order valence-corrected chi connectivity index (χ4v) is 5.13. The number of nitrogens with zero attached hydrogens (tertiary/aromatic N) is 1. The summed E-state index contributed by atoms with van der Waals surface area (Å²) in [5.41, 5.74) is 0.845. The van der Waals surface area contributed by atoms with Crippen molar-refractivity contribution in [1.29, 1.82) is 0 Å². The van der Waals surface area contributed by atoms with Gasteiger partial charge in [0.15, 0.2) is 14.1 Å². The Hall–Kier alpha value is -1.49. The Balaban J connectivity index is 1.87. The number of piperidine rings is 1. The van der Waals surface area contributed by atoms with E-state index in [1.54, 1.807) is 13.8 Å². The highest BCUT2D eigenvalue weighted by molar-refractivity contribution is 6.74. The molecule has 9 heteroatoms. The van der Waals surface area contributed by atoms with Crippen LogP contribution in [0.3, 0.4) is 0 Å². The van der Waals surface area contributed by atoms with Crippen LogP contribution < -0.4 is 0 Å². The Kier molecular flexibility index (Phi) is 7.62. The van der Waals surface area contributed by atoms with Crippen molar-refractivity contribution in [2.45, 2.75) is 95.5 Å². The van der Waals surface area contributed by atoms with Gasteiger partial charge in [0, 0.05) is 0 Å². The maximum absolute atomic E-state index is 13.3. The first kappa shape index (κ1) is 26.1. The van der Waals surface area contributed by atoms with E-state index in [0.29, 0.717) is 0 Å². The van der Waals surface area contributed by atoms with Crippen LogP contribution in [0.5, 0.6) is 0 Å². The molecule has 1 aromatic rings. The van der Waals surface area contributed by atoms with Gasteiger partial charge in [0.1, 0.15) is 24.9 Å². The van der Waals surface area contributed by atoms with Crippen molar-refractivity contribution in [3.8, 4) is 0 Å². The molecule has 8 nitrogen and oxygen atoms in total. The second kappa shape index (κ2) is 9.63. The van der Waals surface area contributed by atoms with Crippen LogP contribution in [0.4, 0.5) is 4.79 Å². The Morgan fingerprint density at radius 2 is 1.73 bits per heavy atom. The number of rotatable bonds is 6. The molecule has 2 heterocycles. The molecule has 2 fully saturated rings. The van der Waals surface area contributed by atoms with Crippen molar-refractivity contribution >= 4 is 14.4 Å². The molecule has 5 atom stereocenters. The fraction of sp³-hybridized carbons (Fsp3) is 0.708. The Morgan fingerprint density at radius 3 is 2.30 bits per heavy atom. The normalized spacial score (nSPS) is 29.6. The summed E-state index contributed by atoms with van der Waals surface area (Å²) in [5, 5.41) is 21.5. The number of likely N-dealkylation sites (tertiary alicyclic amines) is 1. The van der Waals surface area contributed by atoms with Gasteiger partial charge in [0.25, 0.3) is 0 Å². The van der Waals surface area contributed by atoms with Gasteiger partial charge in [-0.25, -0.2) is 4.79 Å². The van der Waals surface area contributed by atoms with Crippen LogP contribution in [0.2, 0.25) is 18.1 Å². The van der Waals surface area contributed by atoms with Crippen molar-refractivity contribution in [3.05, 3.63) is 35.9 Å². The minimum atomic E-state index is -2.17. The number of aliphatic hydroxyl groups excluding tert-OH is 2. The van der Waals surface area contributed by atoms with Gasteiger partial charge in [0.2, 0.25) is 0 Å². The van der Waals surface area contributed by atoms with Gasteiger partial charge in [-0.3, -0.25) is 4.90 Å². The molecule has 0 unspecified atom stereocenters. The Bertz CT molecular complexity index is 811. The van der Waals surface area contributed by atoms with Crippen LogP contribution >= 0.6 is 0 Å². The predicted octanol–water partition coefficient (Wildman–Crippen LogP) is 3.27. The monoisotopic (exact) mass is 481 g/mol. The van der Waals surface area contributed by atoms with Crippen LogP contribution in [-0.2, 0) is 25.2 Å². The molecule has 186 valence electrons. The summed E-state index contributed by atoms with van der Waals surface area (Å²) in [6.07, 6.45) is -3.07. The highest BCUT2D eigenvalue weighted by Gasteiger charge is 2.58. The molecule has 2 saturated heterocycles. The maximum Gasteiger partial charge on any atom is 0.410 e. The molecule has 33 heavy (non-hydrogen) atoms. The second-order valence-corrected chi connectivity index (χ2v) is 15.7. The van der Waals surface area contributed by atoms with Crippen molar-refractivity contribution in [2.75, 3.05) is 13.2 Å². The van der Waals surface area contributed by atoms with E-state index in [4.69, 9.17) is 18.6 Å². The molecule has 0 aromatic heterocycles. The average molecular weight is 482 g/mol. The van der Waals surface area contributed by atoms with Gasteiger partial charge >= 0.3 is 6.09 Å². The SMILES string of the molecule is CC1(C)O[C@H]2[C@H](O)[C@@H](CO[Si](C)(C)C(C)(C)C)N(C(=O)OCc3ccccc3)[C@@H](CO)[C@H]2O1. The van der Waals surface area contributed by atoms with E-state index in [1.807, 2.05) is 30.3 Å². The van der Waals surface area contributed by atoms with Crippen molar-refractivity contribution in [2.24, 2.45) is 0 Å². The zero-order valence-corrected chi connectivity index (χ0v) is 21.8. The van der Waals surface area contributed by atoms with Crippen LogP contribution in [0, 0.1) is 0 Å². The largest absolute Gasteiger partial charge is 0.445 e. The highest BCUT2D eigenvalue weighted by atomic mass is 28.4. The number of hydrogen-bond donors (Lipinski definition) is 2. The van der Waals surface area contributed by atoms with E-state index in [0.717, 1.165) is 5.56 Å². The lowest BCUT2D eigenvalue weighted by atomic mass is 9.89. The summed E-state index contributed by atoms with van der Waals surface area (Å²) >= 11 is 0. The first-order valence-corrected chi connectivity index (χ1v) is 14.5. The molecule has 2 aliphatic rings. The molecule has 2 aliphatic heterocycles. The minimum Gasteiger partial charge on any atom is -0.445 e. The summed E-state index contributed by atoms with van der Waals surface area (Å²) < 4.78 is 24.0. The molecule has 1 aromatic carbocycles.